The Morgan fingerprint density at radius 3 is 2.72 bits per heavy atom. The summed E-state index contributed by atoms with van der Waals surface area (Å²) in [4.78, 5) is 22.4. The molecule has 2 aromatic rings. The first-order valence-electron chi connectivity index (χ1n) is 10.4. The van der Waals surface area contributed by atoms with Gasteiger partial charge in [-0.15, -0.1) is 0 Å². The van der Waals surface area contributed by atoms with Gasteiger partial charge in [-0.3, -0.25) is 9.79 Å². The number of carbonyl (C=O) groups is 1. The molecule has 6 nitrogen and oxygen atoms in total. The lowest BCUT2D eigenvalue weighted by Crippen LogP contribution is -2.43. The van der Waals surface area contributed by atoms with Gasteiger partial charge in [-0.05, 0) is 49.9 Å². The molecule has 1 aliphatic rings. The minimum absolute atomic E-state index is 0.176. The van der Waals surface area contributed by atoms with E-state index in [0.29, 0.717) is 13.1 Å². The first-order chi connectivity index (χ1) is 13.9. The molecule has 1 fully saturated rings. The predicted molar refractivity (Wildman–Crippen MR) is 116 cm³/mol. The Balaban J connectivity index is 1.64. The number of H-pyrrole nitrogens is 1. The molecule has 1 aliphatic carbocycles. The Bertz CT molecular complexity index is 867. The van der Waals surface area contributed by atoms with Crippen molar-refractivity contribution in [3.05, 3.63) is 35.8 Å². The maximum Gasteiger partial charge on any atom is 0.230 e. The summed E-state index contributed by atoms with van der Waals surface area (Å²) in [7, 11) is 3.64. The molecule has 29 heavy (non-hydrogen) atoms. The van der Waals surface area contributed by atoms with Crippen molar-refractivity contribution in [2.75, 3.05) is 33.7 Å². The lowest BCUT2D eigenvalue weighted by atomic mass is 9.85. The number of benzene rings is 1. The third-order valence-electron chi connectivity index (χ3n) is 5.72. The summed E-state index contributed by atoms with van der Waals surface area (Å²) in [6.07, 6.45) is 6.63. The molecule has 3 rings (SSSR count). The number of nitrogens with one attached hydrogen (secondary N) is 3. The second-order valence-corrected chi connectivity index (χ2v) is 8.06. The van der Waals surface area contributed by atoms with E-state index in [1.54, 1.807) is 17.0 Å². The molecule has 0 radical (unpaired) electrons. The molecule has 0 unspecified atom stereocenters. The number of hydrogen-bond acceptors (Lipinski definition) is 2. The minimum atomic E-state index is -0.375. The molecule has 0 aliphatic heterocycles. The zero-order valence-electron chi connectivity index (χ0n) is 17.6. The summed E-state index contributed by atoms with van der Waals surface area (Å²) in [5, 5.41) is 7.53. The van der Waals surface area contributed by atoms with Gasteiger partial charge >= 0.3 is 0 Å². The average Bonchev–Trinajstić information content (AvgIpc) is 3.33. The lowest BCUT2D eigenvalue weighted by molar-refractivity contribution is -0.138. The van der Waals surface area contributed by atoms with Gasteiger partial charge in [-0.1, -0.05) is 12.8 Å². The van der Waals surface area contributed by atoms with E-state index in [1.165, 1.54) is 6.07 Å². The monoisotopic (exact) mass is 401 g/mol. The number of aromatic nitrogens is 1. The third-order valence-corrected chi connectivity index (χ3v) is 5.72. The number of nitrogens with zero attached hydrogens (tertiary/aromatic N) is 2. The molecule has 1 amide bonds. The molecule has 1 heterocycles. The van der Waals surface area contributed by atoms with E-state index in [-0.39, 0.29) is 17.1 Å². The van der Waals surface area contributed by atoms with Crippen LogP contribution in [-0.2, 0) is 11.2 Å². The van der Waals surface area contributed by atoms with E-state index < -0.39 is 0 Å². The van der Waals surface area contributed by atoms with Gasteiger partial charge in [0.2, 0.25) is 5.91 Å². The Labute approximate surface area is 172 Å². The van der Waals surface area contributed by atoms with E-state index in [1.807, 2.05) is 27.2 Å². The van der Waals surface area contributed by atoms with Gasteiger partial charge in [0, 0.05) is 44.3 Å². The fraction of sp³-hybridized carbons (Fsp3) is 0.545. The number of fused-ring (bicyclic) bond motifs is 1. The molecule has 1 aromatic heterocycles. The molecule has 1 aromatic carbocycles. The summed E-state index contributed by atoms with van der Waals surface area (Å²) in [6.45, 7) is 3.94. The summed E-state index contributed by atoms with van der Waals surface area (Å²) in [6, 6.07) is 4.79. The molecule has 0 spiro atoms. The molecule has 0 bridgehead atoms. The van der Waals surface area contributed by atoms with Crippen molar-refractivity contribution in [2.24, 2.45) is 10.4 Å². The molecule has 0 saturated heterocycles. The first-order valence-corrected chi connectivity index (χ1v) is 10.4. The Morgan fingerprint density at radius 2 is 2.03 bits per heavy atom. The maximum atomic E-state index is 13.6. The van der Waals surface area contributed by atoms with Gasteiger partial charge in [0.25, 0.3) is 0 Å². The van der Waals surface area contributed by atoms with E-state index >= 15 is 0 Å². The summed E-state index contributed by atoms with van der Waals surface area (Å²) >= 11 is 0. The zero-order chi connectivity index (χ0) is 20.9. The van der Waals surface area contributed by atoms with Crippen molar-refractivity contribution in [2.45, 2.75) is 39.0 Å². The number of hydrogen-bond donors (Lipinski definition) is 3. The van der Waals surface area contributed by atoms with Crippen LogP contribution in [0.2, 0.25) is 0 Å². The number of guanidine groups is 1. The first kappa shape index (κ1) is 21.1. The van der Waals surface area contributed by atoms with Crippen LogP contribution < -0.4 is 10.6 Å². The van der Waals surface area contributed by atoms with Crippen molar-refractivity contribution < 1.29 is 9.18 Å². The molecule has 3 N–H and O–H groups in total. The molecular formula is C22H32FN5O. The molecular weight excluding hydrogens is 369 g/mol. The van der Waals surface area contributed by atoms with Crippen LogP contribution >= 0.6 is 0 Å². The summed E-state index contributed by atoms with van der Waals surface area (Å²) < 4.78 is 13.6. The van der Waals surface area contributed by atoms with Gasteiger partial charge in [0.1, 0.15) is 5.82 Å². The second kappa shape index (κ2) is 9.29. The van der Waals surface area contributed by atoms with Crippen LogP contribution in [-0.4, -0.2) is 55.5 Å². The summed E-state index contributed by atoms with van der Waals surface area (Å²) in [5.74, 6) is 0.667. The molecule has 7 heteroatoms. The number of amides is 1. The van der Waals surface area contributed by atoms with Crippen LogP contribution in [0, 0.1) is 11.2 Å². The zero-order valence-corrected chi connectivity index (χ0v) is 17.6. The number of aliphatic imine (C=N–C) groups is 1. The number of halogens is 1. The fourth-order valence-corrected chi connectivity index (χ4v) is 4.21. The van der Waals surface area contributed by atoms with Crippen LogP contribution in [0.15, 0.2) is 29.4 Å². The van der Waals surface area contributed by atoms with Crippen LogP contribution in [0.25, 0.3) is 10.9 Å². The smallest absolute Gasteiger partial charge is 0.230 e. The highest BCUT2D eigenvalue weighted by atomic mass is 19.1. The van der Waals surface area contributed by atoms with Gasteiger partial charge in [0.15, 0.2) is 5.96 Å². The van der Waals surface area contributed by atoms with Crippen LogP contribution in [0.3, 0.4) is 0 Å². The van der Waals surface area contributed by atoms with Crippen molar-refractivity contribution in [1.82, 2.24) is 20.5 Å². The fourth-order valence-electron chi connectivity index (χ4n) is 4.21. The second-order valence-electron chi connectivity index (χ2n) is 8.06. The standard InChI is InChI=1S/C22H32FN5O/c1-4-24-21(27-15-22(10-5-6-11-22)20(29)28(2)3)25-12-9-16-14-26-19-8-7-17(23)13-18(16)19/h7-8,13-14,26H,4-6,9-12,15H2,1-3H3,(H2,24,25,27). The van der Waals surface area contributed by atoms with E-state index in [4.69, 9.17) is 4.99 Å². The number of carbonyl (C=O) groups excluding carboxylic acids is 1. The lowest BCUT2D eigenvalue weighted by Gasteiger charge is -2.29. The van der Waals surface area contributed by atoms with Crippen molar-refractivity contribution in [1.29, 1.82) is 0 Å². The maximum absolute atomic E-state index is 13.6. The van der Waals surface area contributed by atoms with Crippen molar-refractivity contribution >= 4 is 22.8 Å². The van der Waals surface area contributed by atoms with E-state index in [9.17, 15) is 9.18 Å². The Morgan fingerprint density at radius 1 is 1.28 bits per heavy atom. The van der Waals surface area contributed by atoms with Crippen LogP contribution in [0.5, 0.6) is 0 Å². The highest BCUT2D eigenvalue weighted by Crippen LogP contribution is 2.39. The molecule has 1 saturated carbocycles. The highest BCUT2D eigenvalue weighted by Gasteiger charge is 2.42. The molecule has 0 atom stereocenters. The number of rotatable bonds is 7. The number of aromatic amines is 1. The van der Waals surface area contributed by atoms with E-state index in [0.717, 1.165) is 61.1 Å². The topological polar surface area (TPSA) is 72.5 Å². The Kier molecular flexibility index (Phi) is 6.77. The van der Waals surface area contributed by atoms with E-state index in [2.05, 4.69) is 15.6 Å². The molecule has 158 valence electrons. The third kappa shape index (κ3) is 4.89. The van der Waals surface area contributed by atoms with Gasteiger partial charge in [0.05, 0.1) is 12.0 Å². The van der Waals surface area contributed by atoms with Gasteiger partial charge in [-0.25, -0.2) is 4.39 Å². The van der Waals surface area contributed by atoms with Gasteiger partial charge in [-0.2, -0.15) is 0 Å². The van der Waals surface area contributed by atoms with Crippen LogP contribution in [0.1, 0.15) is 38.2 Å². The van der Waals surface area contributed by atoms with Gasteiger partial charge < -0.3 is 20.5 Å². The van der Waals surface area contributed by atoms with Crippen molar-refractivity contribution in [3.63, 3.8) is 0 Å². The summed E-state index contributed by atoms with van der Waals surface area (Å²) in [5.41, 5.74) is 1.63. The minimum Gasteiger partial charge on any atom is -0.361 e. The quantitative estimate of drug-likeness (QED) is 0.493. The van der Waals surface area contributed by atoms with Crippen molar-refractivity contribution in [3.8, 4) is 0 Å². The highest BCUT2D eigenvalue weighted by molar-refractivity contribution is 5.85. The Hall–Kier alpha value is -2.57. The predicted octanol–water partition coefficient (Wildman–Crippen LogP) is 3.05. The largest absolute Gasteiger partial charge is 0.361 e. The average molecular weight is 402 g/mol. The van der Waals surface area contributed by atoms with Crippen LogP contribution in [0.4, 0.5) is 4.39 Å². The SMILES string of the molecule is CCNC(=NCC1(C(=O)N(C)C)CCCC1)NCCc1c[nH]c2ccc(F)cc12. The normalized spacial score (nSPS) is 16.2.